The lowest BCUT2D eigenvalue weighted by Crippen LogP contribution is -2.42. The van der Waals surface area contributed by atoms with E-state index < -0.39 is 5.60 Å². The number of cyclic esters (lactones) is 1. The topological polar surface area (TPSA) is 84.9 Å². The molecule has 2 aliphatic rings. The van der Waals surface area contributed by atoms with Crippen molar-refractivity contribution in [2.24, 2.45) is 5.92 Å². The smallest absolute Gasteiger partial charge is 0.415 e. The molecule has 0 aromatic carbocycles. The second kappa shape index (κ2) is 7.47. The van der Waals surface area contributed by atoms with Gasteiger partial charge in [0.25, 0.3) is 0 Å². The first-order valence-corrected chi connectivity index (χ1v) is 9.05. The molecule has 1 aromatic heterocycles. The lowest BCUT2D eigenvalue weighted by molar-refractivity contribution is 0.0184. The zero-order valence-electron chi connectivity index (χ0n) is 15.6. The molecule has 1 aromatic rings. The third kappa shape index (κ3) is 4.42. The van der Waals surface area contributed by atoms with E-state index in [1.165, 1.54) is 4.90 Å². The number of carbonyl (C=O) groups excluding carboxylic acids is 2. The molecule has 142 valence electrons. The van der Waals surface area contributed by atoms with Crippen molar-refractivity contribution in [3.8, 4) is 0 Å². The number of hydrogen-bond acceptors (Lipinski definition) is 6. The monoisotopic (exact) mass is 362 g/mol. The minimum absolute atomic E-state index is 0.254. The Labute approximate surface area is 153 Å². The van der Waals surface area contributed by atoms with Gasteiger partial charge in [-0.1, -0.05) is 0 Å². The van der Waals surface area contributed by atoms with Crippen LogP contribution in [-0.2, 0) is 15.9 Å². The molecule has 0 aliphatic carbocycles. The van der Waals surface area contributed by atoms with Crippen molar-refractivity contribution >= 4 is 18.0 Å². The summed E-state index contributed by atoms with van der Waals surface area (Å²) in [5.41, 5.74) is 0.328. The first-order valence-electron chi connectivity index (χ1n) is 9.05. The number of ether oxygens (including phenoxy) is 2. The van der Waals surface area contributed by atoms with Gasteiger partial charge in [-0.05, 0) is 46.0 Å². The number of aromatic nitrogens is 2. The highest BCUT2D eigenvalue weighted by Gasteiger charge is 2.30. The standard InChI is InChI=1S/C18H26N4O4/c1-18(2,3)26-16(23)21-8-4-13(5-9-21)12-14-15(20-7-6-19-14)22-10-11-25-17(22)24/h6-7,13H,4-5,8-12H2,1-3H3. The molecule has 2 saturated heterocycles. The first-order chi connectivity index (χ1) is 12.3. The van der Waals surface area contributed by atoms with Crippen LogP contribution in [0.15, 0.2) is 12.4 Å². The Morgan fingerprint density at radius 2 is 1.92 bits per heavy atom. The van der Waals surface area contributed by atoms with Crippen LogP contribution in [-0.4, -0.2) is 58.9 Å². The zero-order valence-corrected chi connectivity index (χ0v) is 15.6. The predicted octanol–water partition coefficient (Wildman–Crippen LogP) is 2.62. The van der Waals surface area contributed by atoms with Crippen LogP contribution in [0.2, 0.25) is 0 Å². The van der Waals surface area contributed by atoms with E-state index in [1.807, 2.05) is 20.8 Å². The summed E-state index contributed by atoms with van der Waals surface area (Å²) in [4.78, 5) is 36.1. The summed E-state index contributed by atoms with van der Waals surface area (Å²) in [5.74, 6) is 0.979. The molecule has 0 bridgehead atoms. The fourth-order valence-electron chi connectivity index (χ4n) is 3.23. The minimum atomic E-state index is -0.479. The summed E-state index contributed by atoms with van der Waals surface area (Å²) in [6.07, 6.45) is 5.10. The maximum Gasteiger partial charge on any atom is 0.415 e. The van der Waals surface area contributed by atoms with Gasteiger partial charge >= 0.3 is 12.2 Å². The van der Waals surface area contributed by atoms with Crippen LogP contribution in [0.25, 0.3) is 0 Å². The number of carbonyl (C=O) groups is 2. The molecule has 3 rings (SSSR count). The average molecular weight is 362 g/mol. The van der Waals surface area contributed by atoms with Crippen molar-refractivity contribution in [1.29, 1.82) is 0 Å². The van der Waals surface area contributed by atoms with Crippen LogP contribution >= 0.6 is 0 Å². The molecule has 3 heterocycles. The van der Waals surface area contributed by atoms with Crippen LogP contribution in [0.3, 0.4) is 0 Å². The minimum Gasteiger partial charge on any atom is -0.447 e. The van der Waals surface area contributed by atoms with E-state index >= 15 is 0 Å². The van der Waals surface area contributed by atoms with E-state index in [0.29, 0.717) is 38.0 Å². The largest absolute Gasteiger partial charge is 0.447 e. The van der Waals surface area contributed by atoms with Gasteiger partial charge in [0.05, 0.1) is 12.2 Å². The molecule has 2 fully saturated rings. The Morgan fingerprint density at radius 1 is 1.23 bits per heavy atom. The first kappa shape index (κ1) is 18.4. The molecule has 2 aliphatic heterocycles. The van der Waals surface area contributed by atoms with E-state index in [1.54, 1.807) is 17.3 Å². The highest BCUT2D eigenvalue weighted by atomic mass is 16.6. The van der Waals surface area contributed by atoms with Gasteiger partial charge in [-0.15, -0.1) is 0 Å². The lowest BCUT2D eigenvalue weighted by atomic mass is 9.92. The predicted molar refractivity (Wildman–Crippen MR) is 95.0 cm³/mol. The molecule has 0 N–H and O–H groups in total. The third-order valence-corrected chi connectivity index (χ3v) is 4.52. The summed E-state index contributed by atoms with van der Waals surface area (Å²) in [7, 11) is 0. The van der Waals surface area contributed by atoms with Crippen molar-refractivity contribution in [2.75, 3.05) is 31.1 Å². The Balaban J connectivity index is 1.59. The van der Waals surface area contributed by atoms with Gasteiger partial charge in [0, 0.05) is 25.5 Å². The molecule has 0 radical (unpaired) electrons. The fourth-order valence-corrected chi connectivity index (χ4v) is 3.23. The third-order valence-electron chi connectivity index (χ3n) is 4.52. The summed E-state index contributed by atoms with van der Waals surface area (Å²) in [5, 5.41) is 0. The maximum atomic E-state index is 12.2. The second-order valence-electron chi connectivity index (χ2n) is 7.71. The van der Waals surface area contributed by atoms with Gasteiger partial charge in [-0.2, -0.15) is 0 Å². The Bertz CT molecular complexity index is 665. The average Bonchev–Trinajstić information content (AvgIpc) is 3.00. The Hall–Kier alpha value is -2.38. The van der Waals surface area contributed by atoms with E-state index in [0.717, 1.165) is 25.0 Å². The van der Waals surface area contributed by atoms with Crippen LogP contribution in [0.4, 0.5) is 15.4 Å². The molecule has 26 heavy (non-hydrogen) atoms. The van der Waals surface area contributed by atoms with Crippen molar-refractivity contribution in [3.05, 3.63) is 18.1 Å². The summed E-state index contributed by atoms with van der Waals surface area (Å²) in [6, 6.07) is 0. The fraction of sp³-hybridized carbons (Fsp3) is 0.667. The molecule has 8 heteroatoms. The number of amides is 2. The quantitative estimate of drug-likeness (QED) is 0.822. The second-order valence-corrected chi connectivity index (χ2v) is 7.71. The van der Waals surface area contributed by atoms with Gasteiger partial charge < -0.3 is 14.4 Å². The molecule has 0 spiro atoms. The lowest BCUT2D eigenvalue weighted by Gasteiger charge is -2.33. The van der Waals surface area contributed by atoms with Crippen molar-refractivity contribution in [3.63, 3.8) is 0 Å². The zero-order chi connectivity index (χ0) is 18.7. The molecular weight excluding hydrogens is 336 g/mol. The summed E-state index contributed by atoms with van der Waals surface area (Å²) < 4.78 is 10.4. The molecule has 8 nitrogen and oxygen atoms in total. The van der Waals surface area contributed by atoms with Crippen LogP contribution in [0.1, 0.15) is 39.3 Å². The highest BCUT2D eigenvalue weighted by Crippen LogP contribution is 2.27. The Morgan fingerprint density at radius 3 is 2.54 bits per heavy atom. The van der Waals surface area contributed by atoms with E-state index in [-0.39, 0.29) is 12.2 Å². The van der Waals surface area contributed by atoms with Crippen LogP contribution in [0, 0.1) is 5.92 Å². The molecule has 0 atom stereocenters. The Kier molecular flexibility index (Phi) is 5.29. The van der Waals surface area contributed by atoms with Gasteiger partial charge in [-0.25, -0.2) is 14.6 Å². The van der Waals surface area contributed by atoms with E-state index in [2.05, 4.69) is 9.97 Å². The molecule has 0 saturated carbocycles. The van der Waals surface area contributed by atoms with Crippen LogP contribution < -0.4 is 4.90 Å². The maximum absolute atomic E-state index is 12.2. The number of hydrogen-bond donors (Lipinski definition) is 0. The molecular formula is C18H26N4O4. The highest BCUT2D eigenvalue weighted by molar-refractivity contribution is 5.88. The number of anilines is 1. The SMILES string of the molecule is CC(C)(C)OC(=O)N1CCC(Cc2nccnc2N2CCOC2=O)CC1. The normalized spacial score (nSPS) is 18.8. The van der Waals surface area contributed by atoms with Crippen molar-refractivity contribution in [2.45, 2.75) is 45.6 Å². The van der Waals surface area contributed by atoms with Gasteiger partial charge in [0.2, 0.25) is 0 Å². The summed E-state index contributed by atoms with van der Waals surface area (Å²) in [6.45, 7) is 7.83. The van der Waals surface area contributed by atoms with E-state index in [9.17, 15) is 9.59 Å². The number of nitrogens with zero attached hydrogens (tertiary/aromatic N) is 4. The number of likely N-dealkylation sites (tertiary alicyclic amines) is 1. The summed E-state index contributed by atoms with van der Waals surface area (Å²) >= 11 is 0. The van der Waals surface area contributed by atoms with Gasteiger partial charge in [0.1, 0.15) is 12.2 Å². The van der Waals surface area contributed by atoms with Crippen LogP contribution in [0.5, 0.6) is 0 Å². The van der Waals surface area contributed by atoms with Gasteiger partial charge in [-0.3, -0.25) is 9.88 Å². The number of piperidine rings is 1. The van der Waals surface area contributed by atoms with E-state index in [4.69, 9.17) is 9.47 Å². The molecule has 2 amide bonds. The number of rotatable bonds is 3. The van der Waals surface area contributed by atoms with Crippen molar-refractivity contribution in [1.82, 2.24) is 14.9 Å². The molecule has 0 unspecified atom stereocenters. The van der Waals surface area contributed by atoms with Crippen molar-refractivity contribution < 1.29 is 19.1 Å². The van der Waals surface area contributed by atoms with Gasteiger partial charge in [0.15, 0.2) is 5.82 Å².